The summed E-state index contributed by atoms with van der Waals surface area (Å²) >= 11 is 0. The van der Waals surface area contributed by atoms with Crippen molar-refractivity contribution in [3.8, 4) is 67.5 Å². The highest BCUT2D eigenvalue weighted by molar-refractivity contribution is 5.80. The fraction of sp³-hybridized carbons (Fsp3) is 0.419. The van der Waals surface area contributed by atoms with Crippen LogP contribution in [0, 0.1) is 0 Å². The topological polar surface area (TPSA) is 319 Å². The van der Waals surface area contributed by atoms with Crippen molar-refractivity contribution in [1.82, 2.24) is 102 Å². The molecule has 0 radical (unpaired) electrons. The highest BCUT2D eigenvalue weighted by Gasteiger charge is 2.23. The van der Waals surface area contributed by atoms with E-state index in [1.807, 2.05) is 88.0 Å². The van der Waals surface area contributed by atoms with Crippen molar-refractivity contribution < 1.29 is 30.6 Å². The molecular weight excluding hydrogens is 1130 g/mol. The molecule has 6 N–H and O–H groups in total. The van der Waals surface area contributed by atoms with Gasteiger partial charge in [0, 0.05) is 70.6 Å². The molecule has 0 aliphatic heterocycles. The lowest BCUT2D eigenvalue weighted by Gasteiger charge is -2.19. The van der Waals surface area contributed by atoms with Gasteiger partial charge in [-0.2, -0.15) is 45.9 Å². The summed E-state index contributed by atoms with van der Waals surface area (Å²) in [6, 6.07) is 6.89. The maximum absolute atomic E-state index is 10.1. The van der Waals surface area contributed by atoms with Crippen molar-refractivity contribution in [2.75, 3.05) is 13.2 Å². The van der Waals surface area contributed by atoms with Crippen LogP contribution in [0.4, 0.5) is 0 Å². The number of hydrogen-bond donors (Lipinski definition) is 6. The Morgan fingerprint density at radius 3 is 1.10 bits per heavy atom. The predicted molar refractivity (Wildman–Crippen MR) is 334 cm³/mol. The standard InChI is InChI=1S/2C21H27N7O2.C20H25N7O2/c1-4-17(5-2)27-11-16(9-24-27)20-19-6-7-22-28(19)12-18(25-20)15-8-23-26(10-15)13-21(3,30)14-29;1-4-17(5-2)27-11-16(9-24-27)21-19-6-7-22-28(19)12-18(25-21)15-8-23-26(10-15)13-20(30)14(3)29;1-3-16(4-2)26-10-15(8-23-26)20-19-5-6-21-27(19)12-18(24-20)14-7-22-25(9-14)11-17(29)13-28/h6-12,17,29-30H,4-5,13-14H2,1-3H3;6-12,14,17,20,29-30H,4-5,13H2,1-3H3;5-10,12,16-17,28-29H,3-4,11,13H2,1-2H3/t;14-,20-;/m.1./s1. The molecule has 2 unspecified atom stereocenters. The third-order valence-corrected chi connectivity index (χ3v) is 15.9. The SMILES string of the molecule is CCC(CC)n1cc(-c2nc(-c3cnn(CC(C)(O)CO)c3)cn3nccc23)cn1.CCC(CC)n1cc(-c2nc(-c3cnn(CC(O)CO)c3)cn3nccc23)cn1.CCC(CC)n1cc(-c2nc(-c3cnn(C[C@@H](O)[C@@H](C)O)c3)cn3nccc23)cn1. The van der Waals surface area contributed by atoms with Gasteiger partial charge in [0.15, 0.2) is 0 Å². The van der Waals surface area contributed by atoms with Crippen LogP contribution in [-0.2, 0) is 19.6 Å². The van der Waals surface area contributed by atoms with Gasteiger partial charge in [0.2, 0.25) is 0 Å². The molecule has 0 saturated heterocycles. The van der Waals surface area contributed by atoms with E-state index >= 15 is 0 Å². The summed E-state index contributed by atoms with van der Waals surface area (Å²) in [5, 5.41) is 97.2. The van der Waals surface area contributed by atoms with Gasteiger partial charge in [-0.3, -0.25) is 28.1 Å². The smallest absolute Gasteiger partial charge is 0.104 e. The van der Waals surface area contributed by atoms with E-state index in [2.05, 4.69) is 87.4 Å². The largest absolute Gasteiger partial charge is 0.394 e. The average molecular weight is 1210 g/mol. The van der Waals surface area contributed by atoms with Crippen LogP contribution in [0.25, 0.3) is 84.1 Å². The first-order valence-electron chi connectivity index (χ1n) is 30.3. The summed E-state index contributed by atoms with van der Waals surface area (Å²) in [6.45, 7) is 16.0. The van der Waals surface area contributed by atoms with Crippen molar-refractivity contribution in [2.24, 2.45) is 0 Å². The first-order chi connectivity index (χ1) is 43.1. The van der Waals surface area contributed by atoms with Gasteiger partial charge in [0.05, 0.1) is 194 Å². The van der Waals surface area contributed by atoms with Gasteiger partial charge in [0.1, 0.15) is 5.60 Å². The monoisotopic (exact) mass is 1210 g/mol. The van der Waals surface area contributed by atoms with Crippen LogP contribution < -0.4 is 0 Å². The molecule has 27 heteroatoms. The van der Waals surface area contributed by atoms with E-state index in [9.17, 15) is 25.5 Å². The van der Waals surface area contributed by atoms with E-state index in [0.717, 1.165) is 111 Å². The molecule has 12 heterocycles. The molecule has 0 spiro atoms. The number of fused-ring (bicyclic) bond motifs is 3. The fourth-order valence-corrected chi connectivity index (χ4v) is 10.6. The quantitative estimate of drug-likeness (QED) is 0.0346. The molecular formula is C62H79N21O6. The summed E-state index contributed by atoms with van der Waals surface area (Å²) in [5.41, 5.74) is 11.3. The van der Waals surface area contributed by atoms with E-state index in [-0.39, 0.29) is 32.8 Å². The summed E-state index contributed by atoms with van der Waals surface area (Å²) < 4.78 is 16.2. The summed E-state index contributed by atoms with van der Waals surface area (Å²) in [6.07, 6.45) is 36.5. The Labute approximate surface area is 513 Å². The van der Waals surface area contributed by atoms with Gasteiger partial charge >= 0.3 is 0 Å². The van der Waals surface area contributed by atoms with E-state index in [0.29, 0.717) is 29.5 Å². The lowest BCUT2D eigenvalue weighted by atomic mass is 10.1. The van der Waals surface area contributed by atoms with Crippen LogP contribution in [0.15, 0.2) is 130 Å². The molecule has 468 valence electrons. The second-order valence-corrected chi connectivity index (χ2v) is 22.6. The molecule has 0 fully saturated rings. The molecule has 4 atom stereocenters. The summed E-state index contributed by atoms with van der Waals surface area (Å²) in [7, 11) is 0. The third-order valence-electron chi connectivity index (χ3n) is 15.9. The Hall–Kier alpha value is -9.12. The van der Waals surface area contributed by atoms with Gasteiger partial charge in [0.25, 0.3) is 0 Å². The van der Waals surface area contributed by atoms with Crippen molar-refractivity contribution in [3.63, 3.8) is 0 Å². The Morgan fingerprint density at radius 2 is 0.764 bits per heavy atom. The van der Waals surface area contributed by atoms with Gasteiger partial charge in [-0.25, -0.2) is 28.5 Å². The predicted octanol–water partition coefficient (Wildman–Crippen LogP) is 7.29. The first-order valence-corrected chi connectivity index (χ1v) is 30.3. The normalized spacial score (nSPS) is 13.6. The van der Waals surface area contributed by atoms with Crippen molar-refractivity contribution in [2.45, 2.75) is 156 Å². The van der Waals surface area contributed by atoms with Crippen molar-refractivity contribution >= 4 is 16.6 Å². The van der Waals surface area contributed by atoms with Crippen LogP contribution in [0.1, 0.15) is 112 Å². The Morgan fingerprint density at radius 1 is 0.427 bits per heavy atom. The summed E-state index contributed by atoms with van der Waals surface area (Å²) in [4.78, 5) is 14.6. The maximum atomic E-state index is 10.1. The Balaban J connectivity index is 0.000000147. The molecule has 0 bridgehead atoms. The van der Waals surface area contributed by atoms with Gasteiger partial charge in [-0.1, -0.05) is 41.5 Å². The molecule has 0 aromatic carbocycles. The molecule has 0 aliphatic rings. The number of rotatable bonds is 24. The van der Waals surface area contributed by atoms with Crippen LogP contribution >= 0.6 is 0 Å². The zero-order chi connectivity index (χ0) is 62.9. The van der Waals surface area contributed by atoms with Crippen molar-refractivity contribution in [3.05, 3.63) is 130 Å². The molecule has 27 nitrogen and oxygen atoms in total. The number of nitrogens with zero attached hydrogens (tertiary/aromatic N) is 21. The van der Waals surface area contributed by atoms with Gasteiger partial charge in [-0.15, -0.1) is 0 Å². The minimum Gasteiger partial charge on any atom is -0.394 e. The van der Waals surface area contributed by atoms with E-state index < -0.39 is 23.9 Å². The second kappa shape index (κ2) is 27.9. The summed E-state index contributed by atoms with van der Waals surface area (Å²) in [5.74, 6) is 0. The Kier molecular flexibility index (Phi) is 19.7. The molecule has 0 amide bonds. The molecule has 0 saturated carbocycles. The molecule has 12 aromatic rings. The first kappa shape index (κ1) is 62.9. The van der Waals surface area contributed by atoms with E-state index in [1.54, 1.807) is 97.2 Å². The molecule has 89 heavy (non-hydrogen) atoms. The number of hydrogen-bond acceptors (Lipinski definition) is 18. The number of aliphatic hydroxyl groups is 6. The van der Waals surface area contributed by atoms with Crippen LogP contribution in [-0.4, -0.2) is 170 Å². The lowest BCUT2D eigenvalue weighted by Crippen LogP contribution is -2.34. The molecule has 12 aromatic heterocycles. The van der Waals surface area contributed by atoms with Crippen LogP contribution in [0.2, 0.25) is 0 Å². The van der Waals surface area contributed by atoms with Gasteiger partial charge in [-0.05, 0) is 70.6 Å². The Bertz CT molecular complexity index is 4200. The van der Waals surface area contributed by atoms with Crippen molar-refractivity contribution in [1.29, 1.82) is 0 Å². The molecule has 12 rings (SSSR count). The van der Waals surface area contributed by atoms with E-state index in [1.165, 1.54) is 0 Å². The number of aromatic nitrogens is 21. The van der Waals surface area contributed by atoms with Crippen LogP contribution in [0.5, 0.6) is 0 Å². The van der Waals surface area contributed by atoms with Crippen LogP contribution in [0.3, 0.4) is 0 Å². The average Bonchev–Trinajstić information content (AvgIpc) is 1.88. The number of aliphatic hydroxyl groups excluding tert-OH is 5. The van der Waals surface area contributed by atoms with E-state index in [4.69, 9.17) is 20.1 Å². The zero-order valence-electron chi connectivity index (χ0n) is 51.4. The fourth-order valence-electron chi connectivity index (χ4n) is 10.6. The highest BCUT2D eigenvalue weighted by atomic mass is 16.3. The highest BCUT2D eigenvalue weighted by Crippen LogP contribution is 2.32. The minimum atomic E-state index is -1.24. The second-order valence-electron chi connectivity index (χ2n) is 22.6. The van der Waals surface area contributed by atoms with Gasteiger partial charge < -0.3 is 30.6 Å². The minimum absolute atomic E-state index is 0.183. The lowest BCUT2D eigenvalue weighted by molar-refractivity contribution is -0.0145. The zero-order valence-corrected chi connectivity index (χ0v) is 51.4. The molecule has 0 aliphatic carbocycles. The third kappa shape index (κ3) is 14.2. The maximum Gasteiger partial charge on any atom is 0.104 e.